The molecule has 128 valence electrons. The molecule has 2 aromatic rings. The van der Waals surface area contributed by atoms with Crippen LogP contribution in [0, 0.1) is 22.7 Å². The molecular formula is C15H4Cl4F3N3. The Morgan fingerprint density at radius 1 is 0.880 bits per heavy atom. The Bertz CT molecular complexity index is 943. The number of nitrogens with one attached hydrogen (secondary N) is 1. The molecule has 0 aliphatic heterocycles. The van der Waals surface area contributed by atoms with E-state index in [9.17, 15) is 13.2 Å². The summed E-state index contributed by atoms with van der Waals surface area (Å²) in [5.74, 6) is 0. The van der Waals surface area contributed by atoms with Crippen molar-refractivity contribution in [1.29, 1.82) is 10.5 Å². The average Bonchev–Trinajstić information content (AvgIpc) is 2.54. The molecule has 0 aliphatic carbocycles. The van der Waals surface area contributed by atoms with Gasteiger partial charge in [-0.25, -0.2) is 0 Å². The van der Waals surface area contributed by atoms with Gasteiger partial charge >= 0.3 is 6.18 Å². The van der Waals surface area contributed by atoms with Crippen LogP contribution >= 0.6 is 46.4 Å². The minimum absolute atomic E-state index is 0.0504. The van der Waals surface area contributed by atoms with Crippen molar-refractivity contribution in [2.24, 2.45) is 0 Å². The number of hydrogen-bond donors (Lipinski definition) is 1. The van der Waals surface area contributed by atoms with Crippen molar-refractivity contribution in [2.75, 3.05) is 5.32 Å². The number of nitriles is 2. The minimum atomic E-state index is -4.55. The molecule has 0 unspecified atom stereocenters. The predicted octanol–water partition coefficient (Wildman–Crippen LogP) is 6.81. The molecule has 25 heavy (non-hydrogen) atoms. The Labute approximate surface area is 160 Å². The minimum Gasteiger partial charge on any atom is -0.352 e. The Hall–Kier alpha value is -1.83. The molecule has 0 aliphatic rings. The third-order valence-corrected chi connectivity index (χ3v) is 4.64. The van der Waals surface area contributed by atoms with Gasteiger partial charge in [0, 0.05) is 0 Å². The van der Waals surface area contributed by atoms with Gasteiger partial charge < -0.3 is 5.32 Å². The van der Waals surface area contributed by atoms with Crippen molar-refractivity contribution < 1.29 is 13.2 Å². The monoisotopic (exact) mass is 423 g/mol. The Morgan fingerprint density at radius 2 is 1.44 bits per heavy atom. The maximum Gasteiger partial charge on any atom is 0.416 e. The highest BCUT2D eigenvalue weighted by Gasteiger charge is 2.31. The fourth-order valence-electron chi connectivity index (χ4n) is 1.91. The highest BCUT2D eigenvalue weighted by atomic mass is 35.5. The number of nitrogens with zero attached hydrogens (tertiary/aromatic N) is 2. The van der Waals surface area contributed by atoms with Gasteiger partial charge in [-0.1, -0.05) is 46.4 Å². The average molecular weight is 425 g/mol. The molecule has 0 spiro atoms. The second-order valence-electron chi connectivity index (χ2n) is 4.61. The molecule has 1 N–H and O–H groups in total. The van der Waals surface area contributed by atoms with E-state index in [2.05, 4.69) is 5.32 Å². The summed E-state index contributed by atoms with van der Waals surface area (Å²) < 4.78 is 38.1. The van der Waals surface area contributed by atoms with Gasteiger partial charge in [-0.05, 0) is 18.2 Å². The maximum absolute atomic E-state index is 12.7. The van der Waals surface area contributed by atoms with E-state index in [-0.39, 0.29) is 42.6 Å². The summed E-state index contributed by atoms with van der Waals surface area (Å²) in [4.78, 5) is 0. The number of benzene rings is 2. The molecule has 2 aromatic carbocycles. The number of halogens is 7. The van der Waals surface area contributed by atoms with E-state index in [1.807, 2.05) is 0 Å². The fourth-order valence-corrected chi connectivity index (χ4v) is 2.93. The summed E-state index contributed by atoms with van der Waals surface area (Å²) in [6.07, 6.45) is -4.55. The van der Waals surface area contributed by atoms with Gasteiger partial charge in [0.1, 0.15) is 12.1 Å². The molecular weight excluding hydrogens is 421 g/mol. The number of hydrogen-bond acceptors (Lipinski definition) is 3. The summed E-state index contributed by atoms with van der Waals surface area (Å²) in [7, 11) is 0. The van der Waals surface area contributed by atoms with Gasteiger partial charge in [0.2, 0.25) is 0 Å². The van der Waals surface area contributed by atoms with Crippen LogP contribution in [0.25, 0.3) is 0 Å². The quantitative estimate of drug-likeness (QED) is 0.539. The van der Waals surface area contributed by atoms with Gasteiger partial charge in [-0.15, -0.1) is 0 Å². The van der Waals surface area contributed by atoms with E-state index in [1.165, 1.54) is 0 Å². The third kappa shape index (κ3) is 3.73. The molecule has 0 atom stereocenters. The maximum atomic E-state index is 12.7. The number of alkyl halides is 3. The van der Waals surface area contributed by atoms with Crippen LogP contribution < -0.4 is 5.32 Å². The predicted molar refractivity (Wildman–Crippen MR) is 90.6 cm³/mol. The Balaban J connectivity index is 2.58. The summed E-state index contributed by atoms with van der Waals surface area (Å²) in [6.45, 7) is 0. The molecule has 0 aromatic heterocycles. The first-order valence-corrected chi connectivity index (χ1v) is 7.77. The van der Waals surface area contributed by atoms with Crippen molar-refractivity contribution in [1.82, 2.24) is 0 Å². The Kier molecular flexibility index (Phi) is 5.61. The largest absolute Gasteiger partial charge is 0.416 e. The second kappa shape index (κ2) is 7.19. The molecule has 2 rings (SSSR count). The van der Waals surface area contributed by atoms with E-state index in [1.54, 1.807) is 12.1 Å². The van der Waals surface area contributed by atoms with Crippen molar-refractivity contribution in [2.45, 2.75) is 6.18 Å². The molecule has 0 fully saturated rings. The van der Waals surface area contributed by atoms with Gasteiger partial charge in [-0.3, -0.25) is 0 Å². The second-order valence-corrected chi connectivity index (χ2v) is 6.15. The van der Waals surface area contributed by atoms with E-state index >= 15 is 0 Å². The zero-order chi connectivity index (χ0) is 18.9. The summed E-state index contributed by atoms with van der Waals surface area (Å²) in [6, 6.07) is 6.07. The van der Waals surface area contributed by atoms with Crippen LogP contribution in [-0.2, 0) is 6.18 Å². The normalized spacial score (nSPS) is 10.9. The first-order valence-electron chi connectivity index (χ1n) is 6.26. The van der Waals surface area contributed by atoms with E-state index in [0.29, 0.717) is 0 Å². The zero-order valence-electron chi connectivity index (χ0n) is 11.8. The van der Waals surface area contributed by atoms with Crippen LogP contribution in [0.3, 0.4) is 0 Å². The summed E-state index contributed by atoms with van der Waals surface area (Å²) in [5, 5.41) is 20.0. The molecule has 0 heterocycles. The van der Waals surface area contributed by atoms with Crippen LogP contribution in [-0.4, -0.2) is 0 Å². The Morgan fingerprint density at radius 3 is 1.92 bits per heavy atom. The van der Waals surface area contributed by atoms with Gasteiger partial charge in [0.25, 0.3) is 0 Å². The topological polar surface area (TPSA) is 59.6 Å². The van der Waals surface area contributed by atoms with Gasteiger partial charge in [0.15, 0.2) is 0 Å². The molecule has 3 nitrogen and oxygen atoms in total. The lowest BCUT2D eigenvalue weighted by atomic mass is 10.1. The van der Waals surface area contributed by atoms with Crippen LogP contribution in [0.2, 0.25) is 20.1 Å². The van der Waals surface area contributed by atoms with Gasteiger partial charge in [-0.2, -0.15) is 23.7 Å². The van der Waals surface area contributed by atoms with Gasteiger partial charge in [0.05, 0.1) is 48.2 Å². The number of rotatable bonds is 2. The van der Waals surface area contributed by atoms with Crippen molar-refractivity contribution in [3.05, 3.63) is 55.0 Å². The summed E-state index contributed by atoms with van der Waals surface area (Å²) >= 11 is 24.0. The van der Waals surface area contributed by atoms with Crippen molar-refractivity contribution >= 4 is 57.8 Å². The molecule has 0 saturated heterocycles. The molecule has 0 amide bonds. The van der Waals surface area contributed by atoms with Crippen LogP contribution in [0.5, 0.6) is 0 Å². The van der Waals surface area contributed by atoms with E-state index in [0.717, 1.165) is 18.2 Å². The molecule has 0 bridgehead atoms. The van der Waals surface area contributed by atoms with Crippen LogP contribution in [0.1, 0.15) is 16.7 Å². The fraction of sp³-hybridized carbons (Fsp3) is 0.0667. The standard InChI is InChI=1S/C15H4Cl4F3N3/c16-9-3-6(15(20,21)22)1-2-10(9)25-14-12(18)8(5-24)7(4-23)11(17)13(14)19/h1-3,25H. The highest BCUT2D eigenvalue weighted by molar-refractivity contribution is 6.47. The van der Waals surface area contributed by atoms with Crippen molar-refractivity contribution in [3.63, 3.8) is 0 Å². The molecule has 10 heteroatoms. The lowest BCUT2D eigenvalue weighted by Crippen LogP contribution is -2.05. The summed E-state index contributed by atoms with van der Waals surface area (Å²) in [5.41, 5.74) is -1.35. The van der Waals surface area contributed by atoms with Crippen LogP contribution in [0.15, 0.2) is 18.2 Å². The third-order valence-electron chi connectivity index (χ3n) is 3.10. The molecule has 0 saturated carbocycles. The lowest BCUT2D eigenvalue weighted by Gasteiger charge is -2.16. The number of anilines is 2. The zero-order valence-corrected chi connectivity index (χ0v) is 14.8. The first-order chi connectivity index (χ1) is 11.6. The smallest absolute Gasteiger partial charge is 0.352 e. The van der Waals surface area contributed by atoms with E-state index in [4.69, 9.17) is 56.9 Å². The molecule has 0 radical (unpaired) electrons. The highest BCUT2D eigenvalue weighted by Crippen LogP contribution is 2.44. The SMILES string of the molecule is N#Cc1c(Cl)c(Cl)c(Nc2ccc(C(F)(F)F)cc2Cl)c(Cl)c1C#N. The van der Waals surface area contributed by atoms with E-state index < -0.39 is 11.7 Å². The van der Waals surface area contributed by atoms with Crippen molar-refractivity contribution in [3.8, 4) is 12.1 Å². The lowest BCUT2D eigenvalue weighted by molar-refractivity contribution is -0.137. The van der Waals surface area contributed by atoms with Crippen LogP contribution in [0.4, 0.5) is 24.5 Å². The first kappa shape index (κ1) is 19.5.